The maximum absolute atomic E-state index is 12.3. The summed E-state index contributed by atoms with van der Waals surface area (Å²) in [6, 6.07) is 3.56. The number of rotatable bonds is 4. The summed E-state index contributed by atoms with van der Waals surface area (Å²) in [7, 11) is 0. The molecule has 2 atom stereocenters. The molecule has 1 fully saturated rings. The maximum atomic E-state index is 12.3. The fraction of sp³-hybridized carbons (Fsp3) is 0.643. The van der Waals surface area contributed by atoms with Crippen molar-refractivity contribution >= 4 is 5.78 Å². The smallest absolute Gasteiger partial charge is 0.201 e. The largest absolute Gasteiger partial charge is 0.457 e. The van der Waals surface area contributed by atoms with Gasteiger partial charge in [-0.3, -0.25) is 4.79 Å². The Morgan fingerprint density at radius 3 is 2.94 bits per heavy atom. The van der Waals surface area contributed by atoms with Crippen LogP contribution < -0.4 is 5.73 Å². The van der Waals surface area contributed by atoms with E-state index in [1.54, 1.807) is 12.1 Å². The quantitative estimate of drug-likeness (QED) is 0.816. The molecule has 1 aliphatic rings. The molecule has 0 spiro atoms. The van der Waals surface area contributed by atoms with E-state index >= 15 is 0 Å². The van der Waals surface area contributed by atoms with Crippen LogP contribution in [-0.2, 0) is 6.54 Å². The van der Waals surface area contributed by atoms with Crippen molar-refractivity contribution in [2.24, 2.45) is 17.6 Å². The molecule has 3 nitrogen and oxygen atoms in total. The van der Waals surface area contributed by atoms with Gasteiger partial charge in [-0.25, -0.2) is 0 Å². The first-order chi connectivity index (χ1) is 8.24. The molecular weight excluding hydrogens is 214 g/mol. The minimum absolute atomic E-state index is 0.158. The molecule has 2 N–H and O–H groups in total. The zero-order chi connectivity index (χ0) is 12.3. The molecule has 1 aromatic rings. The summed E-state index contributed by atoms with van der Waals surface area (Å²) >= 11 is 0. The number of Topliss-reactive ketones (excluding diaryl/α,β-unsaturated/α-hetero) is 1. The zero-order valence-corrected chi connectivity index (χ0v) is 10.4. The van der Waals surface area contributed by atoms with E-state index < -0.39 is 0 Å². The lowest BCUT2D eigenvalue weighted by Gasteiger charge is -2.26. The van der Waals surface area contributed by atoms with E-state index in [0.717, 1.165) is 12.8 Å². The molecule has 1 aromatic heterocycles. The third kappa shape index (κ3) is 2.78. The second kappa shape index (κ2) is 5.50. The number of ketones is 1. The van der Waals surface area contributed by atoms with Gasteiger partial charge in [0, 0.05) is 5.92 Å². The van der Waals surface area contributed by atoms with Gasteiger partial charge in [0.05, 0.1) is 6.54 Å². The van der Waals surface area contributed by atoms with E-state index in [1.807, 2.05) is 0 Å². The summed E-state index contributed by atoms with van der Waals surface area (Å²) in [4.78, 5) is 12.3. The molecule has 1 heterocycles. The Morgan fingerprint density at radius 1 is 1.47 bits per heavy atom. The lowest BCUT2D eigenvalue weighted by molar-refractivity contribution is 0.0831. The van der Waals surface area contributed by atoms with Crippen molar-refractivity contribution in [1.29, 1.82) is 0 Å². The highest BCUT2D eigenvalue weighted by Gasteiger charge is 2.28. The zero-order valence-electron chi connectivity index (χ0n) is 10.4. The SMILES string of the molecule is CCC1CCCC(C(=O)c2ccc(CN)o2)C1. The Bertz CT molecular complexity index is 383. The number of furan rings is 1. The summed E-state index contributed by atoms with van der Waals surface area (Å²) in [5.41, 5.74) is 5.48. The summed E-state index contributed by atoms with van der Waals surface area (Å²) in [6.45, 7) is 2.56. The molecular formula is C14H21NO2. The van der Waals surface area contributed by atoms with E-state index in [0.29, 0.717) is 24.0 Å². The molecule has 0 bridgehead atoms. The van der Waals surface area contributed by atoms with Gasteiger partial charge in [-0.1, -0.05) is 26.2 Å². The molecule has 17 heavy (non-hydrogen) atoms. The second-order valence-electron chi connectivity index (χ2n) is 4.97. The predicted molar refractivity (Wildman–Crippen MR) is 66.7 cm³/mol. The van der Waals surface area contributed by atoms with Gasteiger partial charge in [0.1, 0.15) is 5.76 Å². The standard InChI is InChI=1S/C14H21NO2/c1-2-10-4-3-5-11(8-10)14(16)13-7-6-12(9-15)17-13/h6-7,10-11H,2-5,8-9,15H2,1H3. The van der Waals surface area contributed by atoms with Crippen molar-refractivity contribution in [3.63, 3.8) is 0 Å². The third-order valence-electron chi connectivity index (χ3n) is 3.84. The van der Waals surface area contributed by atoms with Crippen molar-refractivity contribution < 1.29 is 9.21 Å². The first kappa shape index (κ1) is 12.4. The molecule has 1 saturated carbocycles. The Morgan fingerprint density at radius 2 is 2.29 bits per heavy atom. The number of carbonyl (C=O) groups is 1. The van der Waals surface area contributed by atoms with E-state index in [2.05, 4.69) is 6.92 Å². The van der Waals surface area contributed by atoms with Gasteiger partial charge < -0.3 is 10.2 Å². The van der Waals surface area contributed by atoms with Crippen LogP contribution in [0.25, 0.3) is 0 Å². The topological polar surface area (TPSA) is 56.2 Å². The number of hydrogen-bond acceptors (Lipinski definition) is 3. The van der Waals surface area contributed by atoms with E-state index in [9.17, 15) is 4.79 Å². The monoisotopic (exact) mass is 235 g/mol. The van der Waals surface area contributed by atoms with Crippen LogP contribution in [0.2, 0.25) is 0 Å². The van der Waals surface area contributed by atoms with Crippen LogP contribution >= 0.6 is 0 Å². The highest BCUT2D eigenvalue weighted by Crippen LogP contribution is 2.33. The third-order valence-corrected chi connectivity index (χ3v) is 3.84. The molecule has 94 valence electrons. The first-order valence-corrected chi connectivity index (χ1v) is 6.57. The Hall–Kier alpha value is -1.09. The van der Waals surface area contributed by atoms with Gasteiger partial charge >= 0.3 is 0 Å². The minimum Gasteiger partial charge on any atom is -0.457 e. The van der Waals surface area contributed by atoms with Gasteiger partial charge in [-0.2, -0.15) is 0 Å². The van der Waals surface area contributed by atoms with Crippen molar-refractivity contribution in [3.05, 3.63) is 23.7 Å². The van der Waals surface area contributed by atoms with E-state index in [4.69, 9.17) is 10.2 Å². The molecule has 0 radical (unpaired) electrons. The minimum atomic E-state index is 0.158. The maximum Gasteiger partial charge on any atom is 0.201 e. The highest BCUT2D eigenvalue weighted by atomic mass is 16.3. The Balaban J connectivity index is 2.03. The molecule has 2 rings (SSSR count). The molecule has 3 heteroatoms. The van der Waals surface area contributed by atoms with Crippen LogP contribution in [0, 0.1) is 11.8 Å². The van der Waals surface area contributed by atoms with Gasteiger partial charge in [0.15, 0.2) is 5.76 Å². The lowest BCUT2D eigenvalue weighted by Crippen LogP contribution is -2.22. The van der Waals surface area contributed by atoms with Gasteiger partial charge in [-0.15, -0.1) is 0 Å². The molecule has 1 aliphatic carbocycles. The summed E-state index contributed by atoms with van der Waals surface area (Å²) in [5, 5.41) is 0. The van der Waals surface area contributed by atoms with Crippen LogP contribution in [0.3, 0.4) is 0 Å². The molecule has 2 unspecified atom stereocenters. The average Bonchev–Trinajstić information content (AvgIpc) is 2.86. The number of hydrogen-bond donors (Lipinski definition) is 1. The van der Waals surface area contributed by atoms with Gasteiger partial charge in [0.25, 0.3) is 0 Å². The van der Waals surface area contributed by atoms with Crippen molar-refractivity contribution in [2.45, 2.75) is 45.6 Å². The molecule has 0 amide bonds. The molecule has 0 saturated heterocycles. The van der Waals surface area contributed by atoms with Crippen LogP contribution in [-0.4, -0.2) is 5.78 Å². The fourth-order valence-electron chi connectivity index (χ4n) is 2.72. The van der Waals surface area contributed by atoms with Gasteiger partial charge in [-0.05, 0) is 30.9 Å². The van der Waals surface area contributed by atoms with Gasteiger partial charge in [0.2, 0.25) is 5.78 Å². The highest BCUT2D eigenvalue weighted by molar-refractivity contribution is 5.95. The van der Waals surface area contributed by atoms with Crippen LogP contribution in [0.4, 0.5) is 0 Å². The Labute approximate surface area is 102 Å². The van der Waals surface area contributed by atoms with Crippen molar-refractivity contribution in [3.8, 4) is 0 Å². The predicted octanol–water partition coefficient (Wildman–Crippen LogP) is 3.14. The van der Waals surface area contributed by atoms with Crippen molar-refractivity contribution in [2.75, 3.05) is 0 Å². The average molecular weight is 235 g/mol. The molecule has 0 aromatic carbocycles. The normalized spacial score (nSPS) is 24.8. The van der Waals surface area contributed by atoms with Crippen molar-refractivity contribution in [1.82, 2.24) is 0 Å². The van der Waals surface area contributed by atoms with Crippen LogP contribution in [0.5, 0.6) is 0 Å². The summed E-state index contributed by atoms with van der Waals surface area (Å²) < 4.78 is 5.44. The summed E-state index contributed by atoms with van der Waals surface area (Å²) in [6.07, 6.45) is 5.64. The number of nitrogens with two attached hydrogens (primary N) is 1. The van der Waals surface area contributed by atoms with Crippen LogP contribution in [0.15, 0.2) is 16.5 Å². The Kier molecular flexibility index (Phi) is 4.00. The van der Waals surface area contributed by atoms with E-state index in [1.165, 1.54) is 19.3 Å². The summed E-state index contributed by atoms with van der Waals surface area (Å²) in [5.74, 6) is 2.22. The fourth-order valence-corrected chi connectivity index (χ4v) is 2.72. The lowest BCUT2D eigenvalue weighted by atomic mass is 9.78. The van der Waals surface area contributed by atoms with E-state index in [-0.39, 0.29) is 11.7 Å². The first-order valence-electron chi connectivity index (χ1n) is 6.57. The number of carbonyl (C=O) groups excluding carboxylic acids is 1. The second-order valence-corrected chi connectivity index (χ2v) is 4.97. The molecule has 0 aliphatic heterocycles. The van der Waals surface area contributed by atoms with Crippen LogP contribution in [0.1, 0.15) is 55.3 Å².